The Balaban J connectivity index is 0.00000208. The molecule has 1 saturated heterocycles. The number of thiophene rings is 1. The Labute approximate surface area is 154 Å². The highest BCUT2D eigenvalue weighted by Gasteiger charge is 2.24. The van der Waals surface area contributed by atoms with Crippen molar-refractivity contribution >= 4 is 29.4 Å². The summed E-state index contributed by atoms with van der Waals surface area (Å²) in [6.07, 6.45) is 5.44. The number of halogens is 1. The third kappa shape index (κ3) is 5.21. The normalized spacial score (nSPS) is 20.1. The molecule has 0 aliphatic carbocycles. The van der Waals surface area contributed by atoms with Crippen LogP contribution in [0.3, 0.4) is 0 Å². The summed E-state index contributed by atoms with van der Waals surface area (Å²) in [5, 5.41) is 12.6. The van der Waals surface area contributed by atoms with Crippen LogP contribution >= 0.6 is 23.7 Å². The molecule has 2 aromatic rings. The van der Waals surface area contributed by atoms with Crippen LogP contribution in [0.1, 0.15) is 48.6 Å². The molecule has 1 aliphatic rings. The monoisotopic (exact) mass is 366 g/mol. The molecule has 1 aromatic heterocycles. The average molecular weight is 367 g/mol. The quantitative estimate of drug-likeness (QED) is 0.759. The minimum absolute atomic E-state index is 0. The SMILES string of the molecule is Cl.Nc1cccc(CN2CCCCCC2CC(O)c2cccs2)c1. The van der Waals surface area contributed by atoms with Crippen molar-refractivity contribution in [1.29, 1.82) is 0 Å². The molecule has 24 heavy (non-hydrogen) atoms. The molecule has 0 spiro atoms. The second-order valence-corrected chi connectivity index (χ2v) is 7.46. The third-order valence-corrected chi connectivity index (χ3v) is 5.68. The average Bonchev–Trinajstić information content (AvgIpc) is 2.99. The number of aliphatic hydroxyl groups is 1. The zero-order chi connectivity index (χ0) is 16.1. The van der Waals surface area contributed by atoms with Crippen molar-refractivity contribution in [2.24, 2.45) is 0 Å². The van der Waals surface area contributed by atoms with E-state index < -0.39 is 0 Å². The molecule has 2 unspecified atom stereocenters. The number of nitrogen functional groups attached to an aromatic ring is 1. The summed E-state index contributed by atoms with van der Waals surface area (Å²) in [6.45, 7) is 2.03. The van der Waals surface area contributed by atoms with E-state index in [2.05, 4.69) is 17.0 Å². The molecule has 3 N–H and O–H groups in total. The first-order valence-corrected chi connectivity index (χ1v) is 9.40. The number of aliphatic hydroxyl groups excluding tert-OH is 1. The Hall–Kier alpha value is -1.07. The van der Waals surface area contributed by atoms with E-state index in [1.807, 2.05) is 29.6 Å². The smallest absolute Gasteiger partial charge is 0.0896 e. The molecular weight excluding hydrogens is 340 g/mol. The number of nitrogens with zero attached hydrogens (tertiary/aromatic N) is 1. The van der Waals surface area contributed by atoms with Crippen molar-refractivity contribution in [3.63, 3.8) is 0 Å². The zero-order valence-electron chi connectivity index (χ0n) is 13.9. The third-order valence-electron chi connectivity index (χ3n) is 4.70. The van der Waals surface area contributed by atoms with Gasteiger partial charge >= 0.3 is 0 Å². The fraction of sp³-hybridized carbons (Fsp3) is 0.474. The Kier molecular flexibility index (Phi) is 7.56. The van der Waals surface area contributed by atoms with Gasteiger partial charge in [-0.15, -0.1) is 23.7 Å². The van der Waals surface area contributed by atoms with Gasteiger partial charge in [-0.3, -0.25) is 4.90 Å². The van der Waals surface area contributed by atoms with Gasteiger partial charge in [0, 0.05) is 23.2 Å². The summed E-state index contributed by atoms with van der Waals surface area (Å²) < 4.78 is 0. The molecule has 0 radical (unpaired) electrons. The highest BCUT2D eigenvalue weighted by molar-refractivity contribution is 7.10. The van der Waals surface area contributed by atoms with Gasteiger partial charge in [0.2, 0.25) is 0 Å². The highest BCUT2D eigenvalue weighted by Crippen LogP contribution is 2.29. The molecule has 1 fully saturated rings. The van der Waals surface area contributed by atoms with Crippen LogP contribution in [0.4, 0.5) is 5.69 Å². The van der Waals surface area contributed by atoms with Crippen molar-refractivity contribution in [3.05, 3.63) is 52.2 Å². The van der Waals surface area contributed by atoms with Gasteiger partial charge in [-0.25, -0.2) is 0 Å². The first-order chi connectivity index (χ1) is 11.2. The van der Waals surface area contributed by atoms with E-state index in [9.17, 15) is 5.11 Å². The van der Waals surface area contributed by atoms with Gasteiger partial charge in [0.25, 0.3) is 0 Å². The number of rotatable bonds is 5. The van der Waals surface area contributed by atoms with Crippen LogP contribution in [0, 0.1) is 0 Å². The number of hydrogen-bond acceptors (Lipinski definition) is 4. The predicted octanol–water partition coefficient (Wildman–Crippen LogP) is 4.62. The standard InChI is InChI=1S/C19H26N2OS.ClH/c20-16-7-4-6-15(12-16)14-21-10-3-1-2-8-17(21)13-18(22)19-9-5-11-23-19;/h4-7,9,11-12,17-18,22H,1-3,8,10,13-14,20H2;1H. The van der Waals surface area contributed by atoms with E-state index in [-0.39, 0.29) is 18.5 Å². The van der Waals surface area contributed by atoms with Crippen LogP contribution in [0.2, 0.25) is 0 Å². The van der Waals surface area contributed by atoms with E-state index in [1.54, 1.807) is 11.3 Å². The summed E-state index contributed by atoms with van der Waals surface area (Å²) in [5.41, 5.74) is 8.01. The minimum Gasteiger partial charge on any atom is -0.399 e. The predicted molar refractivity (Wildman–Crippen MR) is 105 cm³/mol. The summed E-state index contributed by atoms with van der Waals surface area (Å²) in [6, 6.07) is 12.7. The molecule has 0 amide bonds. The Morgan fingerprint density at radius 1 is 1.21 bits per heavy atom. The van der Waals surface area contributed by atoms with E-state index in [0.29, 0.717) is 6.04 Å². The fourth-order valence-electron chi connectivity index (χ4n) is 3.49. The van der Waals surface area contributed by atoms with Gasteiger partial charge in [0.1, 0.15) is 0 Å². The van der Waals surface area contributed by atoms with Gasteiger partial charge in [-0.2, -0.15) is 0 Å². The molecule has 0 saturated carbocycles. The lowest BCUT2D eigenvalue weighted by Gasteiger charge is -2.31. The van der Waals surface area contributed by atoms with Gasteiger partial charge in [0.05, 0.1) is 6.10 Å². The first-order valence-electron chi connectivity index (χ1n) is 8.52. The summed E-state index contributed by atoms with van der Waals surface area (Å²) in [5.74, 6) is 0. The fourth-order valence-corrected chi connectivity index (χ4v) is 4.22. The van der Waals surface area contributed by atoms with Crippen LogP contribution in [0.15, 0.2) is 41.8 Å². The summed E-state index contributed by atoms with van der Waals surface area (Å²) >= 11 is 1.65. The minimum atomic E-state index is -0.346. The maximum absolute atomic E-state index is 10.5. The van der Waals surface area contributed by atoms with Crippen molar-refractivity contribution in [2.45, 2.75) is 50.8 Å². The molecule has 132 valence electrons. The number of likely N-dealkylation sites (tertiary alicyclic amines) is 1. The molecule has 2 atom stereocenters. The van der Waals surface area contributed by atoms with Crippen molar-refractivity contribution in [1.82, 2.24) is 4.90 Å². The van der Waals surface area contributed by atoms with Crippen LogP contribution in [-0.2, 0) is 6.54 Å². The largest absolute Gasteiger partial charge is 0.399 e. The highest BCUT2D eigenvalue weighted by atomic mass is 35.5. The first kappa shape index (κ1) is 19.3. The zero-order valence-corrected chi connectivity index (χ0v) is 15.6. The van der Waals surface area contributed by atoms with Gasteiger partial charge in [0.15, 0.2) is 0 Å². The van der Waals surface area contributed by atoms with E-state index in [0.717, 1.165) is 30.1 Å². The number of anilines is 1. The van der Waals surface area contributed by atoms with Crippen molar-refractivity contribution in [2.75, 3.05) is 12.3 Å². The molecule has 1 aromatic carbocycles. The molecule has 5 heteroatoms. The molecule has 1 aliphatic heterocycles. The lowest BCUT2D eigenvalue weighted by atomic mass is 10.0. The van der Waals surface area contributed by atoms with Crippen LogP contribution < -0.4 is 5.73 Å². The van der Waals surface area contributed by atoms with E-state index >= 15 is 0 Å². The van der Waals surface area contributed by atoms with Gasteiger partial charge in [-0.05, 0) is 54.9 Å². The van der Waals surface area contributed by atoms with Gasteiger partial charge < -0.3 is 10.8 Å². The maximum atomic E-state index is 10.5. The Morgan fingerprint density at radius 3 is 2.83 bits per heavy atom. The Bertz CT molecular complexity index is 605. The van der Waals surface area contributed by atoms with E-state index in [4.69, 9.17) is 5.73 Å². The summed E-state index contributed by atoms with van der Waals surface area (Å²) in [7, 11) is 0. The second-order valence-electron chi connectivity index (χ2n) is 6.49. The molecule has 3 rings (SSSR count). The van der Waals surface area contributed by atoms with Gasteiger partial charge in [-0.1, -0.05) is 31.0 Å². The molecule has 3 nitrogen and oxygen atoms in total. The molecule has 0 bridgehead atoms. The molecular formula is C19H27ClN2OS. The van der Waals surface area contributed by atoms with Crippen LogP contribution in [0.5, 0.6) is 0 Å². The number of hydrogen-bond donors (Lipinski definition) is 2. The topological polar surface area (TPSA) is 49.5 Å². The summed E-state index contributed by atoms with van der Waals surface area (Å²) in [4.78, 5) is 3.62. The number of benzene rings is 1. The number of nitrogens with two attached hydrogens (primary N) is 1. The molecule has 2 heterocycles. The van der Waals surface area contributed by atoms with Crippen LogP contribution in [0.25, 0.3) is 0 Å². The Morgan fingerprint density at radius 2 is 2.08 bits per heavy atom. The lowest BCUT2D eigenvalue weighted by molar-refractivity contribution is 0.0996. The second kappa shape index (κ2) is 9.42. The maximum Gasteiger partial charge on any atom is 0.0896 e. The van der Waals surface area contributed by atoms with E-state index in [1.165, 1.54) is 31.2 Å². The van der Waals surface area contributed by atoms with Crippen LogP contribution in [-0.4, -0.2) is 22.6 Å². The van der Waals surface area contributed by atoms with Crippen molar-refractivity contribution in [3.8, 4) is 0 Å². The lowest BCUT2D eigenvalue weighted by Crippen LogP contribution is -2.35. The van der Waals surface area contributed by atoms with Crippen molar-refractivity contribution < 1.29 is 5.11 Å².